The molecule has 0 fully saturated rings. The standard InChI is InChI=1S/C22H28O4/c1-7-25-21(23)12-15(2)8-10-18-16(3)22(4,5)14-26-20-11-9-17(24-6)13-19(18)20/h8-13H,7,14H2,1-6H3. The van der Waals surface area contributed by atoms with Crippen LogP contribution in [-0.2, 0) is 9.53 Å². The molecule has 1 aliphatic heterocycles. The van der Waals surface area contributed by atoms with Gasteiger partial charge in [0.25, 0.3) is 0 Å². The van der Waals surface area contributed by atoms with Crippen LogP contribution in [-0.4, -0.2) is 26.3 Å². The Morgan fingerprint density at radius 1 is 1.35 bits per heavy atom. The minimum atomic E-state index is -0.327. The van der Waals surface area contributed by atoms with Gasteiger partial charge < -0.3 is 14.2 Å². The minimum absolute atomic E-state index is 0.106. The van der Waals surface area contributed by atoms with E-state index in [2.05, 4.69) is 20.8 Å². The lowest BCUT2D eigenvalue weighted by molar-refractivity contribution is -0.137. The van der Waals surface area contributed by atoms with Crippen molar-refractivity contribution in [1.29, 1.82) is 0 Å². The van der Waals surface area contributed by atoms with Gasteiger partial charge >= 0.3 is 5.97 Å². The van der Waals surface area contributed by atoms with Gasteiger partial charge in [0.1, 0.15) is 11.5 Å². The van der Waals surface area contributed by atoms with E-state index < -0.39 is 0 Å². The van der Waals surface area contributed by atoms with Crippen LogP contribution < -0.4 is 9.47 Å². The molecule has 140 valence electrons. The summed E-state index contributed by atoms with van der Waals surface area (Å²) < 4.78 is 16.4. The summed E-state index contributed by atoms with van der Waals surface area (Å²) in [5.41, 5.74) is 4.02. The summed E-state index contributed by atoms with van der Waals surface area (Å²) in [6.45, 7) is 11.1. The van der Waals surface area contributed by atoms with Crippen molar-refractivity contribution in [3.05, 3.63) is 53.1 Å². The molecule has 2 rings (SSSR count). The maximum atomic E-state index is 11.6. The molecule has 0 aliphatic carbocycles. The number of hydrogen-bond donors (Lipinski definition) is 0. The van der Waals surface area contributed by atoms with Gasteiger partial charge in [-0.1, -0.05) is 31.6 Å². The summed E-state index contributed by atoms with van der Waals surface area (Å²) in [6, 6.07) is 5.84. The van der Waals surface area contributed by atoms with Gasteiger partial charge in [0.2, 0.25) is 0 Å². The van der Waals surface area contributed by atoms with Crippen molar-refractivity contribution in [1.82, 2.24) is 0 Å². The Bertz CT molecular complexity index is 766. The number of fused-ring (bicyclic) bond motifs is 1. The van der Waals surface area contributed by atoms with Crippen molar-refractivity contribution in [3.63, 3.8) is 0 Å². The lowest BCUT2D eigenvalue weighted by Crippen LogP contribution is -2.21. The highest BCUT2D eigenvalue weighted by Crippen LogP contribution is 2.42. The van der Waals surface area contributed by atoms with Crippen LogP contribution in [0.5, 0.6) is 11.5 Å². The molecule has 1 heterocycles. The Morgan fingerprint density at radius 3 is 2.73 bits per heavy atom. The SMILES string of the molecule is CCOC(=O)C=C(C)C=CC1=C(C)C(C)(C)COc2ccc(OC)cc21. The summed E-state index contributed by atoms with van der Waals surface area (Å²) in [7, 11) is 1.65. The molecular formula is C22H28O4. The molecule has 1 aromatic rings. The summed E-state index contributed by atoms with van der Waals surface area (Å²) in [5, 5.41) is 0. The predicted octanol–water partition coefficient (Wildman–Crippen LogP) is 4.95. The quantitative estimate of drug-likeness (QED) is 0.425. The van der Waals surface area contributed by atoms with Crippen molar-refractivity contribution >= 4 is 11.5 Å². The monoisotopic (exact) mass is 356 g/mol. The van der Waals surface area contributed by atoms with Gasteiger partial charge in [-0.2, -0.15) is 0 Å². The predicted molar refractivity (Wildman–Crippen MR) is 104 cm³/mol. The molecule has 1 aromatic carbocycles. The first-order chi connectivity index (χ1) is 12.3. The average Bonchev–Trinajstić information content (AvgIpc) is 2.68. The largest absolute Gasteiger partial charge is 0.497 e. The van der Waals surface area contributed by atoms with E-state index in [4.69, 9.17) is 14.2 Å². The molecule has 0 aromatic heterocycles. The van der Waals surface area contributed by atoms with Gasteiger partial charge in [-0.3, -0.25) is 0 Å². The van der Waals surface area contributed by atoms with Gasteiger partial charge in [-0.05, 0) is 50.1 Å². The second-order valence-electron chi connectivity index (χ2n) is 7.05. The molecule has 4 heteroatoms. The molecule has 0 atom stereocenters. The van der Waals surface area contributed by atoms with Gasteiger partial charge in [0.05, 0.1) is 20.3 Å². The van der Waals surface area contributed by atoms with Crippen LogP contribution in [0.25, 0.3) is 5.57 Å². The molecule has 0 saturated heterocycles. The lowest BCUT2D eigenvalue weighted by atomic mass is 9.82. The smallest absolute Gasteiger partial charge is 0.330 e. The van der Waals surface area contributed by atoms with Crippen molar-refractivity contribution in [2.45, 2.75) is 34.6 Å². The van der Waals surface area contributed by atoms with Gasteiger partial charge in [-0.25, -0.2) is 4.79 Å². The van der Waals surface area contributed by atoms with E-state index in [0.29, 0.717) is 13.2 Å². The third kappa shape index (κ3) is 4.57. The molecule has 0 spiro atoms. The van der Waals surface area contributed by atoms with E-state index in [1.54, 1.807) is 14.0 Å². The molecule has 26 heavy (non-hydrogen) atoms. The summed E-state index contributed by atoms with van der Waals surface area (Å²) >= 11 is 0. The minimum Gasteiger partial charge on any atom is -0.497 e. The molecule has 4 nitrogen and oxygen atoms in total. The van der Waals surface area contributed by atoms with Crippen LogP contribution in [0.2, 0.25) is 0 Å². The molecule has 0 saturated carbocycles. The number of carbonyl (C=O) groups excluding carboxylic acids is 1. The van der Waals surface area contributed by atoms with Crippen LogP contribution in [0, 0.1) is 5.41 Å². The lowest BCUT2D eigenvalue weighted by Gasteiger charge is -2.24. The van der Waals surface area contributed by atoms with E-state index in [0.717, 1.165) is 28.2 Å². The molecule has 0 unspecified atom stereocenters. The second-order valence-corrected chi connectivity index (χ2v) is 7.05. The first-order valence-corrected chi connectivity index (χ1v) is 8.84. The number of allylic oxidation sites excluding steroid dienone is 4. The van der Waals surface area contributed by atoms with Crippen LogP contribution in [0.1, 0.15) is 40.2 Å². The Labute approximate surface area is 156 Å². The van der Waals surface area contributed by atoms with Crippen molar-refractivity contribution < 1.29 is 19.0 Å². The van der Waals surface area contributed by atoms with Crippen LogP contribution >= 0.6 is 0 Å². The van der Waals surface area contributed by atoms with E-state index in [9.17, 15) is 4.79 Å². The van der Waals surface area contributed by atoms with Gasteiger partial charge in [-0.15, -0.1) is 0 Å². The number of carbonyl (C=O) groups is 1. The fourth-order valence-electron chi connectivity index (χ4n) is 2.75. The van der Waals surface area contributed by atoms with Gasteiger partial charge in [0, 0.05) is 17.1 Å². The van der Waals surface area contributed by atoms with Crippen molar-refractivity contribution in [2.75, 3.05) is 20.3 Å². The number of methoxy groups -OCH3 is 1. The number of rotatable bonds is 5. The van der Waals surface area contributed by atoms with E-state index >= 15 is 0 Å². The maximum absolute atomic E-state index is 11.6. The highest BCUT2D eigenvalue weighted by molar-refractivity contribution is 5.85. The fraction of sp³-hybridized carbons (Fsp3) is 0.409. The molecule has 0 bridgehead atoms. The second kappa shape index (κ2) is 8.26. The number of ether oxygens (including phenoxy) is 3. The van der Waals surface area contributed by atoms with Crippen LogP contribution in [0.3, 0.4) is 0 Å². The molecule has 0 amide bonds. The van der Waals surface area contributed by atoms with Crippen LogP contribution in [0.15, 0.2) is 47.6 Å². The van der Waals surface area contributed by atoms with E-state index in [-0.39, 0.29) is 11.4 Å². The highest BCUT2D eigenvalue weighted by Gasteiger charge is 2.28. The molecule has 0 N–H and O–H groups in total. The number of hydrogen-bond acceptors (Lipinski definition) is 4. The zero-order valence-corrected chi connectivity index (χ0v) is 16.5. The average molecular weight is 356 g/mol. The Morgan fingerprint density at radius 2 is 2.08 bits per heavy atom. The Kier molecular flexibility index (Phi) is 6.30. The topological polar surface area (TPSA) is 44.8 Å². The van der Waals surface area contributed by atoms with E-state index in [1.165, 1.54) is 11.6 Å². The highest BCUT2D eigenvalue weighted by atomic mass is 16.5. The first-order valence-electron chi connectivity index (χ1n) is 8.84. The molecule has 1 aliphatic rings. The number of esters is 1. The van der Waals surface area contributed by atoms with Crippen LogP contribution in [0.4, 0.5) is 0 Å². The zero-order chi connectivity index (χ0) is 19.3. The third-order valence-electron chi connectivity index (χ3n) is 4.63. The number of benzene rings is 1. The normalized spacial score (nSPS) is 16.8. The fourth-order valence-corrected chi connectivity index (χ4v) is 2.75. The Hall–Kier alpha value is -2.49. The van der Waals surface area contributed by atoms with E-state index in [1.807, 2.05) is 37.3 Å². The maximum Gasteiger partial charge on any atom is 0.330 e. The van der Waals surface area contributed by atoms with Crippen molar-refractivity contribution in [3.8, 4) is 11.5 Å². The molecular weight excluding hydrogens is 328 g/mol. The summed E-state index contributed by atoms with van der Waals surface area (Å²) in [6.07, 6.45) is 5.47. The van der Waals surface area contributed by atoms with Crippen molar-refractivity contribution in [2.24, 2.45) is 5.41 Å². The summed E-state index contributed by atoms with van der Waals surface area (Å²) in [4.78, 5) is 11.6. The molecule has 0 radical (unpaired) electrons. The summed E-state index contributed by atoms with van der Waals surface area (Å²) in [5.74, 6) is 1.29. The van der Waals surface area contributed by atoms with Gasteiger partial charge in [0.15, 0.2) is 0 Å². The third-order valence-corrected chi connectivity index (χ3v) is 4.63. The zero-order valence-electron chi connectivity index (χ0n) is 16.5. The first kappa shape index (κ1) is 19.8. The Balaban J connectivity index is 2.49.